The van der Waals surface area contributed by atoms with Gasteiger partial charge in [0, 0.05) is 28.8 Å². The Labute approximate surface area is 172 Å². The monoisotopic (exact) mass is 433 g/mol. The zero-order valence-electron chi connectivity index (χ0n) is 14.5. The van der Waals surface area contributed by atoms with Crippen molar-refractivity contribution in [2.45, 2.75) is 6.61 Å². The van der Waals surface area contributed by atoms with Gasteiger partial charge in [0.05, 0.1) is 14.7 Å². The van der Waals surface area contributed by atoms with Crippen molar-refractivity contribution in [1.82, 2.24) is 0 Å². The topological polar surface area (TPSA) is 125 Å². The number of amides is 1. The number of nitrogens with zero attached hydrogens (tertiary/aromatic N) is 2. The highest BCUT2D eigenvalue weighted by Gasteiger charge is 2.18. The molecule has 0 saturated heterocycles. The van der Waals surface area contributed by atoms with Crippen LogP contribution in [-0.4, -0.2) is 15.8 Å². The number of nitro groups is 2. The largest absolute Gasteiger partial charge is 0.489 e. The zero-order chi connectivity index (χ0) is 21.0. The number of hydrogen-bond acceptors (Lipinski definition) is 7. The highest BCUT2D eigenvalue weighted by Crippen LogP contribution is 2.29. The molecule has 3 rings (SSSR count). The van der Waals surface area contributed by atoms with Crippen molar-refractivity contribution < 1.29 is 19.4 Å². The van der Waals surface area contributed by atoms with E-state index in [9.17, 15) is 25.0 Å². The Morgan fingerprint density at radius 1 is 1.07 bits per heavy atom. The van der Waals surface area contributed by atoms with E-state index in [1.54, 1.807) is 11.4 Å². The summed E-state index contributed by atoms with van der Waals surface area (Å²) in [6.45, 7) is 0.155. The van der Waals surface area contributed by atoms with Crippen LogP contribution in [0, 0.1) is 20.2 Å². The molecule has 0 atom stereocenters. The van der Waals surface area contributed by atoms with Gasteiger partial charge in [-0.2, -0.15) is 0 Å². The van der Waals surface area contributed by atoms with E-state index in [0.717, 1.165) is 17.4 Å². The molecule has 3 aromatic rings. The third-order valence-electron chi connectivity index (χ3n) is 3.74. The van der Waals surface area contributed by atoms with E-state index in [4.69, 9.17) is 16.3 Å². The molecule has 0 aliphatic carbocycles. The SMILES string of the molecule is O=C(Nc1ccc(Cl)cc1[N+](=O)[O-])c1cc(COc2ccc([N+](=O)[O-])cc2)cs1. The van der Waals surface area contributed by atoms with E-state index in [2.05, 4.69) is 5.32 Å². The maximum absolute atomic E-state index is 12.4. The molecule has 0 aliphatic heterocycles. The first-order valence-electron chi connectivity index (χ1n) is 8.03. The predicted octanol–water partition coefficient (Wildman–Crippen LogP) is 5.05. The summed E-state index contributed by atoms with van der Waals surface area (Å²) in [4.78, 5) is 33.4. The summed E-state index contributed by atoms with van der Waals surface area (Å²) in [6, 6.07) is 11.2. The molecule has 9 nitrogen and oxygen atoms in total. The smallest absolute Gasteiger partial charge is 0.294 e. The van der Waals surface area contributed by atoms with Gasteiger partial charge in [0.25, 0.3) is 17.3 Å². The van der Waals surface area contributed by atoms with Gasteiger partial charge in [-0.1, -0.05) is 11.6 Å². The second-order valence-electron chi connectivity index (χ2n) is 5.73. The van der Waals surface area contributed by atoms with Crippen molar-refractivity contribution in [3.63, 3.8) is 0 Å². The van der Waals surface area contributed by atoms with Crippen LogP contribution in [0.2, 0.25) is 5.02 Å². The first-order valence-corrected chi connectivity index (χ1v) is 9.29. The minimum atomic E-state index is -0.626. The van der Waals surface area contributed by atoms with Crippen LogP contribution >= 0.6 is 22.9 Å². The van der Waals surface area contributed by atoms with Crippen molar-refractivity contribution in [2.75, 3.05) is 5.32 Å². The average Bonchev–Trinajstić information content (AvgIpc) is 3.17. The number of nitrogens with one attached hydrogen (secondary N) is 1. The first kappa shape index (κ1) is 20.2. The van der Waals surface area contributed by atoms with Gasteiger partial charge in [-0.3, -0.25) is 25.0 Å². The molecule has 1 amide bonds. The fraction of sp³-hybridized carbons (Fsp3) is 0.0556. The third-order valence-corrected chi connectivity index (χ3v) is 4.95. The Bertz CT molecular complexity index is 1080. The van der Waals surface area contributed by atoms with Crippen molar-refractivity contribution in [3.05, 3.63) is 89.6 Å². The molecule has 0 bridgehead atoms. The quantitative estimate of drug-likeness (QED) is 0.410. The van der Waals surface area contributed by atoms with Crippen LogP contribution in [-0.2, 0) is 6.61 Å². The average molecular weight is 434 g/mol. The molecule has 29 heavy (non-hydrogen) atoms. The summed E-state index contributed by atoms with van der Waals surface area (Å²) >= 11 is 6.92. The van der Waals surface area contributed by atoms with Crippen molar-refractivity contribution in [3.8, 4) is 5.75 Å². The van der Waals surface area contributed by atoms with E-state index in [1.807, 2.05) is 0 Å². The number of carbonyl (C=O) groups is 1. The number of rotatable bonds is 7. The molecule has 0 spiro atoms. The van der Waals surface area contributed by atoms with Gasteiger partial charge in [-0.05, 0) is 35.7 Å². The highest BCUT2D eigenvalue weighted by atomic mass is 35.5. The molecule has 0 aliphatic rings. The molecule has 148 valence electrons. The van der Waals surface area contributed by atoms with Crippen molar-refractivity contribution >= 4 is 45.9 Å². The Hall–Kier alpha value is -3.50. The fourth-order valence-electron chi connectivity index (χ4n) is 2.35. The molecule has 0 unspecified atom stereocenters. The number of ether oxygens (including phenoxy) is 1. The number of benzene rings is 2. The van der Waals surface area contributed by atoms with Crippen LogP contribution < -0.4 is 10.1 Å². The summed E-state index contributed by atoms with van der Waals surface area (Å²) < 4.78 is 5.55. The minimum absolute atomic E-state index is 0.0388. The normalized spacial score (nSPS) is 10.4. The maximum Gasteiger partial charge on any atom is 0.294 e. The molecule has 0 radical (unpaired) electrons. The number of carbonyl (C=O) groups excluding carboxylic acids is 1. The first-order chi connectivity index (χ1) is 13.8. The second-order valence-corrected chi connectivity index (χ2v) is 7.08. The van der Waals surface area contributed by atoms with Crippen LogP contribution in [0.3, 0.4) is 0 Å². The minimum Gasteiger partial charge on any atom is -0.489 e. The van der Waals surface area contributed by atoms with Gasteiger partial charge in [0.2, 0.25) is 0 Å². The van der Waals surface area contributed by atoms with E-state index < -0.39 is 15.8 Å². The van der Waals surface area contributed by atoms with E-state index in [1.165, 1.54) is 36.4 Å². The van der Waals surface area contributed by atoms with Gasteiger partial charge in [-0.25, -0.2) is 0 Å². The van der Waals surface area contributed by atoms with Gasteiger partial charge >= 0.3 is 0 Å². The van der Waals surface area contributed by atoms with Crippen molar-refractivity contribution in [2.24, 2.45) is 0 Å². The van der Waals surface area contributed by atoms with Crippen LogP contribution in [0.4, 0.5) is 17.1 Å². The summed E-state index contributed by atoms with van der Waals surface area (Å²) in [5, 5.41) is 26.2. The lowest BCUT2D eigenvalue weighted by molar-refractivity contribution is -0.384. The Morgan fingerprint density at radius 3 is 2.45 bits per heavy atom. The second kappa shape index (κ2) is 8.67. The van der Waals surface area contributed by atoms with Gasteiger partial charge in [0.15, 0.2) is 0 Å². The van der Waals surface area contributed by atoms with Crippen LogP contribution in [0.5, 0.6) is 5.75 Å². The summed E-state index contributed by atoms with van der Waals surface area (Å²) in [6.07, 6.45) is 0. The maximum atomic E-state index is 12.4. The molecule has 1 heterocycles. The van der Waals surface area contributed by atoms with Gasteiger partial charge in [0.1, 0.15) is 18.0 Å². The highest BCUT2D eigenvalue weighted by molar-refractivity contribution is 7.12. The Morgan fingerprint density at radius 2 is 1.79 bits per heavy atom. The van der Waals surface area contributed by atoms with Crippen molar-refractivity contribution in [1.29, 1.82) is 0 Å². The molecular weight excluding hydrogens is 422 g/mol. The van der Waals surface area contributed by atoms with Crippen LogP contribution in [0.15, 0.2) is 53.9 Å². The molecule has 2 aromatic carbocycles. The number of hydrogen-bond donors (Lipinski definition) is 1. The van der Waals surface area contributed by atoms with Crippen LogP contribution in [0.1, 0.15) is 15.2 Å². The fourth-order valence-corrected chi connectivity index (χ4v) is 3.30. The Kier molecular flexibility index (Phi) is 6.05. The van der Waals surface area contributed by atoms with Gasteiger partial charge < -0.3 is 10.1 Å². The zero-order valence-corrected chi connectivity index (χ0v) is 16.1. The van der Waals surface area contributed by atoms with E-state index in [0.29, 0.717) is 16.2 Å². The van der Waals surface area contributed by atoms with Gasteiger partial charge in [-0.15, -0.1) is 11.3 Å². The molecule has 0 saturated carbocycles. The summed E-state index contributed by atoms with van der Waals surface area (Å²) in [5.74, 6) is -0.0494. The lowest BCUT2D eigenvalue weighted by Gasteiger charge is -2.05. The number of halogens is 1. The molecular formula is C18H12ClN3O6S. The number of non-ortho nitro benzene ring substituents is 1. The molecule has 11 heteroatoms. The number of anilines is 1. The van der Waals surface area contributed by atoms with Crippen LogP contribution in [0.25, 0.3) is 0 Å². The lowest BCUT2D eigenvalue weighted by Crippen LogP contribution is -2.11. The van der Waals surface area contributed by atoms with E-state index in [-0.39, 0.29) is 28.7 Å². The molecule has 0 fully saturated rings. The number of nitro benzene ring substituents is 2. The lowest BCUT2D eigenvalue weighted by atomic mass is 10.2. The molecule has 1 N–H and O–H groups in total. The van der Waals surface area contributed by atoms with E-state index >= 15 is 0 Å². The Balaban J connectivity index is 1.64. The standard InChI is InChI=1S/C18H12ClN3O6S/c19-12-1-6-15(16(8-12)22(26)27)20-18(23)17-7-11(10-29-17)9-28-14-4-2-13(3-5-14)21(24)25/h1-8,10H,9H2,(H,20,23). The summed E-state index contributed by atoms with van der Waals surface area (Å²) in [7, 11) is 0. The summed E-state index contributed by atoms with van der Waals surface area (Å²) in [5.41, 5.74) is 0.415. The third kappa shape index (κ3) is 5.06. The number of thiophene rings is 1. The molecule has 1 aromatic heterocycles. The predicted molar refractivity (Wildman–Crippen MR) is 108 cm³/mol.